The lowest BCUT2D eigenvalue weighted by Crippen LogP contribution is -2.35. The number of likely N-dealkylation sites (N-methyl/N-ethyl adjacent to an activating group) is 1. The average molecular weight is 402 g/mol. The predicted molar refractivity (Wildman–Crippen MR) is 105 cm³/mol. The van der Waals surface area contributed by atoms with Gasteiger partial charge in [0.05, 0.1) is 6.54 Å². The number of rotatable bonds is 6. The van der Waals surface area contributed by atoms with Gasteiger partial charge in [-0.2, -0.15) is 0 Å². The maximum absolute atomic E-state index is 14.4. The molecule has 1 aromatic heterocycles. The molecular formula is C21H24F2N4O2. The topological polar surface area (TPSA) is 75.2 Å². The van der Waals surface area contributed by atoms with E-state index in [0.717, 1.165) is 5.56 Å². The third-order valence-electron chi connectivity index (χ3n) is 5.36. The van der Waals surface area contributed by atoms with Crippen molar-refractivity contribution in [3.63, 3.8) is 0 Å². The summed E-state index contributed by atoms with van der Waals surface area (Å²) in [5, 5.41) is 2.54. The Bertz CT molecular complexity index is 966. The van der Waals surface area contributed by atoms with Crippen LogP contribution in [-0.4, -0.2) is 46.4 Å². The fourth-order valence-electron chi connectivity index (χ4n) is 3.34. The number of amides is 2. The fourth-order valence-corrected chi connectivity index (χ4v) is 3.34. The molecule has 6 nitrogen and oxygen atoms in total. The molecule has 154 valence electrons. The molecule has 1 aromatic carbocycles. The maximum atomic E-state index is 14.4. The minimum atomic E-state index is -1.35. The SMILES string of the molecule is Cc1cnc(NC(=O)CN(C)C(=O)c2ccc(C3(F)CC3)cc2[C@@H]2C[C@H]2F)nc1.[HH]. The van der Waals surface area contributed by atoms with E-state index in [0.29, 0.717) is 36.0 Å². The van der Waals surface area contributed by atoms with Crippen LogP contribution in [0.4, 0.5) is 14.7 Å². The Kier molecular flexibility index (Phi) is 4.80. The quantitative estimate of drug-likeness (QED) is 0.802. The van der Waals surface area contributed by atoms with E-state index in [9.17, 15) is 18.4 Å². The molecule has 2 saturated carbocycles. The van der Waals surface area contributed by atoms with Gasteiger partial charge in [-0.15, -0.1) is 0 Å². The number of hydrogen-bond acceptors (Lipinski definition) is 4. The third kappa shape index (κ3) is 4.11. The smallest absolute Gasteiger partial charge is 0.254 e. The van der Waals surface area contributed by atoms with Gasteiger partial charge in [0.2, 0.25) is 11.9 Å². The van der Waals surface area contributed by atoms with Crippen LogP contribution in [0, 0.1) is 6.92 Å². The Morgan fingerprint density at radius 1 is 1.31 bits per heavy atom. The Balaban J connectivity index is 0.00000256. The molecule has 2 aromatic rings. The molecule has 0 bridgehead atoms. The molecule has 0 spiro atoms. The molecule has 2 amide bonds. The Hall–Kier alpha value is -2.90. The van der Waals surface area contributed by atoms with E-state index < -0.39 is 23.7 Å². The van der Waals surface area contributed by atoms with Gasteiger partial charge in [-0.05, 0) is 48.9 Å². The van der Waals surface area contributed by atoms with E-state index >= 15 is 0 Å². The van der Waals surface area contributed by atoms with E-state index in [-0.39, 0.29) is 19.8 Å². The number of alkyl halides is 2. The summed E-state index contributed by atoms with van der Waals surface area (Å²) < 4.78 is 28.2. The Morgan fingerprint density at radius 2 is 1.97 bits per heavy atom. The number of aryl methyl sites for hydroxylation is 1. The average Bonchev–Trinajstić information content (AvgIpc) is 3.61. The maximum Gasteiger partial charge on any atom is 0.254 e. The molecule has 2 atom stereocenters. The molecule has 8 heteroatoms. The zero-order valence-corrected chi connectivity index (χ0v) is 16.3. The van der Waals surface area contributed by atoms with Crippen LogP contribution in [0.2, 0.25) is 0 Å². The van der Waals surface area contributed by atoms with Crippen LogP contribution >= 0.6 is 0 Å². The summed E-state index contributed by atoms with van der Waals surface area (Å²) in [6.45, 7) is 1.62. The molecule has 0 saturated heterocycles. The van der Waals surface area contributed by atoms with Gasteiger partial charge >= 0.3 is 0 Å². The summed E-state index contributed by atoms with van der Waals surface area (Å²) in [5.41, 5.74) is 0.846. The highest BCUT2D eigenvalue weighted by molar-refractivity contribution is 6.00. The van der Waals surface area contributed by atoms with Crippen molar-refractivity contribution in [1.82, 2.24) is 14.9 Å². The second-order valence-electron chi connectivity index (χ2n) is 7.92. The zero-order valence-electron chi connectivity index (χ0n) is 16.3. The molecule has 29 heavy (non-hydrogen) atoms. The van der Waals surface area contributed by atoms with Crippen LogP contribution in [-0.2, 0) is 10.5 Å². The largest absolute Gasteiger partial charge is 0.332 e. The van der Waals surface area contributed by atoms with Crippen molar-refractivity contribution < 1.29 is 19.8 Å². The van der Waals surface area contributed by atoms with Gasteiger partial charge in [-0.3, -0.25) is 14.9 Å². The van der Waals surface area contributed by atoms with Crippen LogP contribution in [0.1, 0.15) is 53.7 Å². The minimum Gasteiger partial charge on any atom is -0.332 e. The summed E-state index contributed by atoms with van der Waals surface area (Å²) in [6.07, 6.45) is 3.36. The second-order valence-corrected chi connectivity index (χ2v) is 7.92. The van der Waals surface area contributed by atoms with Crippen molar-refractivity contribution in [2.24, 2.45) is 0 Å². The predicted octanol–water partition coefficient (Wildman–Crippen LogP) is 3.53. The van der Waals surface area contributed by atoms with Gasteiger partial charge in [-0.1, -0.05) is 12.1 Å². The van der Waals surface area contributed by atoms with Crippen LogP contribution < -0.4 is 5.32 Å². The number of benzene rings is 1. The molecule has 0 unspecified atom stereocenters. The molecule has 0 aliphatic heterocycles. The summed E-state index contributed by atoms with van der Waals surface area (Å²) in [4.78, 5) is 34.4. The first-order chi connectivity index (χ1) is 13.8. The van der Waals surface area contributed by atoms with Crippen LogP contribution in [0.3, 0.4) is 0 Å². The van der Waals surface area contributed by atoms with Gasteiger partial charge in [0.25, 0.3) is 5.91 Å². The van der Waals surface area contributed by atoms with Gasteiger partial charge in [-0.25, -0.2) is 18.7 Å². The first kappa shape index (κ1) is 19.4. The number of anilines is 1. The molecule has 2 aliphatic carbocycles. The van der Waals surface area contributed by atoms with E-state index in [4.69, 9.17) is 0 Å². The lowest BCUT2D eigenvalue weighted by molar-refractivity contribution is -0.116. The number of nitrogens with zero attached hydrogens (tertiary/aromatic N) is 3. The van der Waals surface area contributed by atoms with Crippen LogP contribution in [0.5, 0.6) is 0 Å². The first-order valence-electron chi connectivity index (χ1n) is 9.58. The molecule has 2 fully saturated rings. The number of nitrogens with one attached hydrogen (secondary N) is 1. The molecule has 1 N–H and O–H groups in total. The highest BCUT2D eigenvalue weighted by Crippen LogP contribution is 2.52. The third-order valence-corrected chi connectivity index (χ3v) is 5.36. The van der Waals surface area contributed by atoms with Gasteiger partial charge in [0.1, 0.15) is 11.8 Å². The van der Waals surface area contributed by atoms with Gasteiger partial charge in [0.15, 0.2) is 0 Å². The molecule has 0 radical (unpaired) electrons. The molecular weight excluding hydrogens is 378 g/mol. The lowest BCUT2D eigenvalue weighted by Gasteiger charge is -2.19. The molecule has 4 rings (SSSR count). The monoisotopic (exact) mass is 402 g/mol. The summed E-state index contributed by atoms with van der Waals surface area (Å²) in [7, 11) is 1.49. The fraction of sp³-hybridized carbons (Fsp3) is 0.429. The number of aromatic nitrogens is 2. The van der Waals surface area contributed by atoms with Crippen molar-refractivity contribution in [3.05, 3.63) is 52.8 Å². The number of hydrogen-bond donors (Lipinski definition) is 1. The van der Waals surface area contributed by atoms with Gasteiger partial charge in [0, 0.05) is 32.3 Å². The number of carbonyl (C=O) groups excluding carboxylic acids is 2. The summed E-state index contributed by atoms with van der Waals surface area (Å²) in [5.74, 6) is -1.09. The van der Waals surface area contributed by atoms with Crippen molar-refractivity contribution in [2.75, 3.05) is 18.9 Å². The van der Waals surface area contributed by atoms with E-state index in [1.807, 2.05) is 6.92 Å². The van der Waals surface area contributed by atoms with E-state index in [1.54, 1.807) is 30.6 Å². The van der Waals surface area contributed by atoms with Crippen LogP contribution in [0.15, 0.2) is 30.6 Å². The van der Waals surface area contributed by atoms with Gasteiger partial charge < -0.3 is 4.90 Å². The molecule has 1 heterocycles. The highest BCUT2D eigenvalue weighted by Gasteiger charge is 2.47. The Morgan fingerprint density at radius 3 is 2.55 bits per heavy atom. The van der Waals surface area contributed by atoms with E-state index in [2.05, 4.69) is 15.3 Å². The zero-order chi connectivity index (χ0) is 20.8. The van der Waals surface area contributed by atoms with E-state index in [1.165, 1.54) is 11.9 Å². The summed E-state index contributed by atoms with van der Waals surface area (Å²) in [6, 6.07) is 4.76. The first-order valence-corrected chi connectivity index (χ1v) is 9.58. The highest BCUT2D eigenvalue weighted by atomic mass is 19.1. The summed E-state index contributed by atoms with van der Waals surface area (Å²) >= 11 is 0. The second kappa shape index (κ2) is 7.17. The lowest BCUT2D eigenvalue weighted by atomic mass is 9.96. The van der Waals surface area contributed by atoms with Crippen LogP contribution in [0.25, 0.3) is 0 Å². The standard InChI is InChI=1S/C21H22F2N4O2.H2/c1-12-9-24-20(25-10-12)26-18(28)11-27(2)19(29)14-4-3-13(21(23)5-6-21)7-15(14)16-8-17(16)22;/h3-4,7,9-10,16-17H,5-6,8,11H2,1-2H3,(H,24,25,26,28);1H/t16-,17+;/m0./s1. The van der Waals surface area contributed by atoms with Crippen molar-refractivity contribution >= 4 is 17.8 Å². The van der Waals surface area contributed by atoms with Crippen molar-refractivity contribution in [3.8, 4) is 0 Å². The Labute approximate surface area is 168 Å². The number of carbonyl (C=O) groups is 2. The van der Waals surface area contributed by atoms with Crippen molar-refractivity contribution in [1.29, 1.82) is 0 Å². The molecule has 2 aliphatic rings. The van der Waals surface area contributed by atoms with Crippen molar-refractivity contribution in [2.45, 2.75) is 43.9 Å². The minimum absolute atomic E-state index is 0. The normalized spacial score (nSPS) is 21.4. The number of halogens is 2.